The molecule has 1 amide bonds. The van der Waals surface area contributed by atoms with Crippen LogP contribution in [0.15, 0.2) is 0 Å². The van der Waals surface area contributed by atoms with Crippen molar-refractivity contribution in [3.8, 4) is 0 Å². The first-order valence-electron chi connectivity index (χ1n) is 5.48. The smallest absolute Gasteiger partial charge is 0.220 e. The number of hydrogen-bond donors (Lipinski definition) is 1. The summed E-state index contributed by atoms with van der Waals surface area (Å²) in [5.41, 5.74) is 0. The van der Waals surface area contributed by atoms with E-state index in [0.29, 0.717) is 23.6 Å². The van der Waals surface area contributed by atoms with Crippen LogP contribution in [0.3, 0.4) is 0 Å². The van der Waals surface area contributed by atoms with E-state index in [4.69, 9.17) is 11.6 Å². The largest absolute Gasteiger partial charge is 0.356 e. The van der Waals surface area contributed by atoms with Gasteiger partial charge in [-0.3, -0.25) is 4.79 Å². The third kappa shape index (κ3) is 4.32. The summed E-state index contributed by atoms with van der Waals surface area (Å²) in [4.78, 5) is 11.3. The highest BCUT2D eigenvalue weighted by molar-refractivity contribution is 6.20. The summed E-state index contributed by atoms with van der Waals surface area (Å²) in [5, 5.41) is 3.31. The predicted octanol–water partition coefficient (Wildman–Crippen LogP) is 2.56. The third-order valence-electron chi connectivity index (χ3n) is 2.66. The number of hydrogen-bond acceptors (Lipinski definition) is 1. The molecule has 0 spiro atoms. The van der Waals surface area contributed by atoms with Gasteiger partial charge in [-0.25, -0.2) is 0 Å². The molecule has 1 aliphatic rings. The van der Waals surface area contributed by atoms with Crippen molar-refractivity contribution >= 4 is 17.5 Å². The summed E-state index contributed by atoms with van der Waals surface area (Å²) >= 11 is 5.99. The molecular weight excluding hydrogens is 198 g/mol. The van der Waals surface area contributed by atoms with E-state index in [1.165, 1.54) is 0 Å². The number of alkyl halides is 1. The zero-order valence-electron chi connectivity index (χ0n) is 9.05. The van der Waals surface area contributed by atoms with Crippen molar-refractivity contribution in [2.45, 2.75) is 44.9 Å². The van der Waals surface area contributed by atoms with Crippen molar-refractivity contribution in [1.29, 1.82) is 0 Å². The van der Waals surface area contributed by atoms with E-state index in [9.17, 15) is 4.79 Å². The molecule has 2 unspecified atom stereocenters. The van der Waals surface area contributed by atoms with E-state index in [-0.39, 0.29) is 5.91 Å². The van der Waals surface area contributed by atoms with Crippen LogP contribution in [0.5, 0.6) is 0 Å². The van der Waals surface area contributed by atoms with E-state index in [0.717, 1.165) is 25.8 Å². The van der Waals surface area contributed by atoms with Crippen molar-refractivity contribution < 1.29 is 4.79 Å². The lowest BCUT2D eigenvalue weighted by Crippen LogP contribution is -2.29. The summed E-state index contributed by atoms with van der Waals surface area (Å²) in [6.45, 7) is 4.93. The average molecular weight is 218 g/mol. The minimum absolute atomic E-state index is 0.179. The fourth-order valence-corrected chi connectivity index (χ4v) is 2.28. The molecule has 0 aliphatic heterocycles. The molecule has 1 aliphatic carbocycles. The molecule has 2 nitrogen and oxygen atoms in total. The lowest BCUT2D eigenvalue weighted by Gasteiger charge is -2.11. The highest BCUT2D eigenvalue weighted by atomic mass is 35.5. The Labute approximate surface area is 91.4 Å². The highest BCUT2D eigenvalue weighted by Crippen LogP contribution is 2.28. The number of amides is 1. The molecule has 1 rings (SSSR count). The minimum atomic E-state index is 0.179. The van der Waals surface area contributed by atoms with Crippen LogP contribution in [0.25, 0.3) is 0 Å². The molecule has 82 valence electrons. The van der Waals surface area contributed by atoms with Crippen LogP contribution in [0.4, 0.5) is 0 Å². The summed E-state index contributed by atoms with van der Waals surface area (Å²) in [7, 11) is 0. The summed E-state index contributed by atoms with van der Waals surface area (Å²) in [6, 6.07) is 0. The van der Waals surface area contributed by atoms with Crippen LogP contribution < -0.4 is 5.32 Å². The molecule has 0 aromatic carbocycles. The molecule has 3 heteroatoms. The predicted molar refractivity (Wildman–Crippen MR) is 59.4 cm³/mol. The zero-order valence-corrected chi connectivity index (χ0v) is 9.81. The Bertz CT molecular complexity index is 194. The van der Waals surface area contributed by atoms with E-state index in [2.05, 4.69) is 19.2 Å². The Morgan fingerprint density at radius 2 is 2.21 bits per heavy atom. The van der Waals surface area contributed by atoms with Crippen molar-refractivity contribution in [1.82, 2.24) is 5.32 Å². The first-order valence-corrected chi connectivity index (χ1v) is 5.92. The summed E-state index contributed by atoms with van der Waals surface area (Å²) < 4.78 is 0. The van der Waals surface area contributed by atoms with Gasteiger partial charge in [0.1, 0.15) is 0 Å². The number of carbonyl (C=O) groups is 1. The fraction of sp³-hybridized carbons (Fsp3) is 0.909. The van der Waals surface area contributed by atoms with Gasteiger partial charge in [0.2, 0.25) is 5.91 Å². The first-order chi connectivity index (χ1) is 6.58. The highest BCUT2D eigenvalue weighted by Gasteiger charge is 2.22. The molecule has 0 saturated heterocycles. The van der Waals surface area contributed by atoms with Crippen LogP contribution in [0.2, 0.25) is 0 Å². The third-order valence-corrected chi connectivity index (χ3v) is 3.06. The maximum Gasteiger partial charge on any atom is 0.220 e. The minimum Gasteiger partial charge on any atom is -0.356 e. The second kappa shape index (κ2) is 5.59. The molecule has 2 atom stereocenters. The Morgan fingerprint density at radius 1 is 1.50 bits per heavy atom. The normalized spacial score (nSPS) is 26.9. The fourth-order valence-electron chi connectivity index (χ4n) is 1.90. The van der Waals surface area contributed by atoms with Crippen molar-refractivity contribution in [2.75, 3.05) is 6.54 Å². The van der Waals surface area contributed by atoms with Gasteiger partial charge in [0, 0.05) is 18.3 Å². The summed E-state index contributed by atoms with van der Waals surface area (Å²) in [5.74, 6) is 1.23. The molecule has 0 radical (unpaired) electrons. The van der Waals surface area contributed by atoms with Gasteiger partial charge >= 0.3 is 0 Å². The lowest BCUT2D eigenvalue weighted by molar-refractivity contribution is -0.121. The first kappa shape index (κ1) is 11.8. The number of halogens is 1. The Balaban J connectivity index is 2.11. The second-order valence-electron chi connectivity index (χ2n) is 4.68. The molecule has 0 aromatic rings. The molecule has 0 heterocycles. The van der Waals surface area contributed by atoms with E-state index < -0.39 is 0 Å². The monoisotopic (exact) mass is 217 g/mol. The average Bonchev–Trinajstić information content (AvgIpc) is 2.47. The lowest BCUT2D eigenvalue weighted by atomic mass is 10.1. The van der Waals surface area contributed by atoms with Gasteiger partial charge in [-0.1, -0.05) is 13.8 Å². The van der Waals surface area contributed by atoms with Gasteiger partial charge in [0.05, 0.1) is 0 Å². The van der Waals surface area contributed by atoms with Crippen LogP contribution in [0, 0.1) is 11.8 Å². The van der Waals surface area contributed by atoms with Gasteiger partial charge in [0.15, 0.2) is 0 Å². The zero-order chi connectivity index (χ0) is 10.6. The standard InChI is InChI=1S/C11H20ClNO/c1-8(2)5-11(14)13-7-9-3-4-10(12)6-9/h8-10H,3-7H2,1-2H3,(H,13,14). The van der Waals surface area contributed by atoms with Crippen LogP contribution >= 0.6 is 11.6 Å². The molecule has 14 heavy (non-hydrogen) atoms. The van der Waals surface area contributed by atoms with Gasteiger partial charge in [0.25, 0.3) is 0 Å². The second-order valence-corrected chi connectivity index (χ2v) is 5.30. The molecule has 1 saturated carbocycles. The molecule has 1 fully saturated rings. The maximum absolute atomic E-state index is 11.3. The summed E-state index contributed by atoms with van der Waals surface area (Å²) in [6.07, 6.45) is 3.96. The van der Waals surface area contributed by atoms with Gasteiger partial charge in [-0.2, -0.15) is 0 Å². The Kier molecular flexibility index (Phi) is 4.73. The quantitative estimate of drug-likeness (QED) is 0.721. The molecular formula is C11H20ClNO. The van der Waals surface area contributed by atoms with Gasteiger partial charge in [-0.05, 0) is 31.1 Å². The van der Waals surface area contributed by atoms with Crippen LogP contribution in [0.1, 0.15) is 39.5 Å². The van der Waals surface area contributed by atoms with E-state index >= 15 is 0 Å². The molecule has 0 bridgehead atoms. The van der Waals surface area contributed by atoms with E-state index in [1.54, 1.807) is 0 Å². The van der Waals surface area contributed by atoms with Crippen LogP contribution in [-0.4, -0.2) is 17.8 Å². The Hall–Kier alpha value is -0.240. The topological polar surface area (TPSA) is 29.1 Å². The molecule has 1 N–H and O–H groups in total. The number of nitrogens with one attached hydrogen (secondary N) is 1. The SMILES string of the molecule is CC(C)CC(=O)NCC1CCC(Cl)C1. The van der Waals surface area contributed by atoms with Crippen LogP contribution in [-0.2, 0) is 4.79 Å². The van der Waals surface area contributed by atoms with E-state index in [1.807, 2.05) is 0 Å². The number of carbonyl (C=O) groups excluding carboxylic acids is 1. The van der Waals surface area contributed by atoms with Crippen molar-refractivity contribution in [3.63, 3.8) is 0 Å². The Morgan fingerprint density at radius 3 is 2.71 bits per heavy atom. The van der Waals surface area contributed by atoms with Gasteiger partial charge < -0.3 is 5.32 Å². The maximum atomic E-state index is 11.3. The van der Waals surface area contributed by atoms with Gasteiger partial charge in [-0.15, -0.1) is 11.6 Å². The number of rotatable bonds is 4. The van der Waals surface area contributed by atoms with Crippen molar-refractivity contribution in [3.05, 3.63) is 0 Å². The van der Waals surface area contributed by atoms with Crippen molar-refractivity contribution in [2.24, 2.45) is 11.8 Å². The molecule has 0 aromatic heterocycles.